The number of anilines is 4. The molecule has 7 nitrogen and oxygen atoms in total. The van der Waals surface area contributed by atoms with Gasteiger partial charge in [0.2, 0.25) is 16.9 Å². The van der Waals surface area contributed by atoms with Crippen LogP contribution in [-0.2, 0) is 9.59 Å². The molecule has 11 heteroatoms. The number of carbonyl (C=O) groups excluding carboxylic acids is 2. The van der Waals surface area contributed by atoms with Crippen molar-refractivity contribution in [3.8, 4) is 0 Å². The number of amides is 2. The van der Waals surface area contributed by atoms with E-state index in [-0.39, 0.29) is 11.8 Å². The maximum absolute atomic E-state index is 12.5. The Morgan fingerprint density at radius 3 is 2.57 bits per heavy atom. The van der Waals surface area contributed by atoms with Crippen LogP contribution in [0.3, 0.4) is 0 Å². The van der Waals surface area contributed by atoms with Crippen LogP contribution in [0.2, 0.25) is 10.0 Å². The lowest BCUT2D eigenvalue weighted by molar-refractivity contribution is -0.115. The van der Waals surface area contributed by atoms with Crippen molar-refractivity contribution in [1.82, 2.24) is 10.2 Å². The maximum atomic E-state index is 12.5. The van der Waals surface area contributed by atoms with E-state index in [0.29, 0.717) is 30.9 Å². The first-order valence-corrected chi connectivity index (χ1v) is 11.2. The van der Waals surface area contributed by atoms with Gasteiger partial charge in [0.25, 0.3) is 0 Å². The van der Waals surface area contributed by atoms with Crippen LogP contribution in [-0.4, -0.2) is 27.3 Å². The average molecular weight is 482 g/mol. The van der Waals surface area contributed by atoms with Crippen LogP contribution in [0.4, 0.5) is 22.2 Å². The van der Waals surface area contributed by atoms with Gasteiger partial charge in [-0.05, 0) is 43.3 Å². The molecule has 0 radical (unpaired) electrons. The second-order valence-electron chi connectivity index (χ2n) is 6.13. The third-order valence-corrected chi connectivity index (χ3v) is 6.25. The Labute approximate surface area is 191 Å². The van der Waals surface area contributed by atoms with E-state index in [1.165, 1.54) is 30.0 Å². The molecule has 1 aromatic heterocycles. The zero-order chi connectivity index (χ0) is 21.7. The molecule has 1 heterocycles. The molecule has 2 aromatic carbocycles. The molecule has 0 spiro atoms. The van der Waals surface area contributed by atoms with Gasteiger partial charge in [0, 0.05) is 23.3 Å². The summed E-state index contributed by atoms with van der Waals surface area (Å²) in [6, 6.07) is 12.1. The third-order valence-electron chi connectivity index (χ3n) is 3.68. The molecule has 156 valence electrons. The van der Waals surface area contributed by atoms with Crippen molar-refractivity contribution in [2.45, 2.75) is 23.4 Å². The molecule has 0 aliphatic heterocycles. The van der Waals surface area contributed by atoms with E-state index in [9.17, 15) is 9.59 Å². The minimum absolute atomic E-state index is 0.145. The largest absolute Gasteiger partial charge is 0.330 e. The lowest BCUT2D eigenvalue weighted by atomic mass is 10.3. The predicted molar refractivity (Wildman–Crippen MR) is 124 cm³/mol. The summed E-state index contributed by atoms with van der Waals surface area (Å²) in [5, 5.41) is 17.9. The Morgan fingerprint density at radius 1 is 1.07 bits per heavy atom. The fourth-order valence-corrected chi connectivity index (χ4v) is 4.71. The van der Waals surface area contributed by atoms with E-state index in [1.54, 1.807) is 37.3 Å². The standard InChI is InChI=1S/C19H17Cl2N5O2S2/c1-10(17(28)24-16-7-6-12(20)8-15(16)21)29-19-26-25-18(30-19)23-14-5-3-4-13(9-14)22-11(2)27/h3-10H,1-2H3,(H,22,27)(H,23,25)(H,24,28). The van der Waals surface area contributed by atoms with Crippen LogP contribution in [0.15, 0.2) is 46.8 Å². The molecule has 1 atom stereocenters. The zero-order valence-corrected chi connectivity index (χ0v) is 19.0. The van der Waals surface area contributed by atoms with E-state index < -0.39 is 5.25 Å². The van der Waals surface area contributed by atoms with Gasteiger partial charge in [0.05, 0.1) is 16.0 Å². The van der Waals surface area contributed by atoms with E-state index >= 15 is 0 Å². The van der Waals surface area contributed by atoms with Gasteiger partial charge in [-0.3, -0.25) is 9.59 Å². The molecule has 0 aliphatic rings. The molecule has 0 saturated heterocycles. The summed E-state index contributed by atoms with van der Waals surface area (Å²) in [4.78, 5) is 23.7. The summed E-state index contributed by atoms with van der Waals surface area (Å²) in [5.74, 6) is -0.356. The molecule has 0 aliphatic carbocycles. The van der Waals surface area contributed by atoms with Crippen molar-refractivity contribution in [3.05, 3.63) is 52.5 Å². The second-order valence-corrected chi connectivity index (χ2v) is 9.54. The number of aromatic nitrogens is 2. The van der Waals surface area contributed by atoms with E-state index in [0.717, 1.165) is 5.69 Å². The SMILES string of the molecule is CC(=O)Nc1cccc(Nc2nnc(SC(C)C(=O)Nc3ccc(Cl)cc3Cl)s2)c1. The molecule has 3 N–H and O–H groups in total. The Balaban J connectivity index is 1.59. The lowest BCUT2D eigenvalue weighted by Crippen LogP contribution is -2.22. The summed E-state index contributed by atoms with van der Waals surface area (Å²) in [6.45, 7) is 3.22. The first kappa shape index (κ1) is 22.4. The highest BCUT2D eigenvalue weighted by atomic mass is 35.5. The Kier molecular flexibility index (Phi) is 7.54. The molecule has 1 unspecified atom stereocenters. The van der Waals surface area contributed by atoms with Crippen molar-refractivity contribution < 1.29 is 9.59 Å². The number of nitrogens with zero attached hydrogens (tertiary/aromatic N) is 2. The van der Waals surface area contributed by atoms with Crippen molar-refractivity contribution >= 4 is 80.3 Å². The molecule has 0 saturated carbocycles. The van der Waals surface area contributed by atoms with Crippen LogP contribution >= 0.6 is 46.3 Å². The number of nitrogens with one attached hydrogen (secondary N) is 3. The number of halogens is 2. The van der Waals surface area contributed by atoms with Crippen LogP contribution in [0.25, 0.3) is 0 Å². The summed E-state index contributed by atoms with van der Waals surface area (Å²) in [7, 11) is 0. The average Bonchev–Trinajstić information content (AvgIpc) is 3.10. The number of hydrogen-bond donors (Lipinski definition) is 3. The fraction of sp³-hybridized carbons (Fsp3) is 0.158. The second kappa shape index (κ2) is 10.1. The third kappa shape index (κ3) is 6.33. The maximum Gasteiger partial charge on any atom is 0.237 e. The molecule has 30 heavy (non-hydrogen) atoms. The molecule has 3 aromatic rings. The van der Waals surface area contributed by atoms with Crippen molar-refractivity contribution in [2.75, 3.05) is 16.0 Å². The summed E-state index contributed by atoms with van der Waals surface area (Å²) >= 11 is 14.6. The van der Waals surface area contributed by atoms with Gasteiger partial charge in [-0.25, -0.2) is 0 Å². The lowest BCUT2D eigenvalue weighted by Gasteiger charge is -2.11. The van der Waals surface area contributed by atoms with Gasteiger partial charge in [-0.15, -0.1) is 10.2 Å². The van der Waals surface area contributed by atoms with Crippen LogP contribution in [0, 0.1) is 0 Å². The minimum atomic E-state index is -0.416. The number of rotatable bonds is 7. The Hall–Kier alpha value is -2.33. The van der Waals surface area contributed by atoms with Crippen molar-refractivity contribution in [2.24, 2.45) is 0 Å². The molecular weight excluding hydrogens is 465 g/mol. The van der Waals surface area contributed by atoms with Gasteiger partial charge in [0.15, 0.2) is 4.34 Å². The Morgan fingerprint density at radius 2 is 1.83 bits per heavy atom. The van der Waals surface area contributed by atoms with Gasteiger partial charge in [-0.2, -0.15) is 0 Å². The highest BCUT2D eigenvalue weighted by molar-refractivity contribution is 8.02. The Bertz CT molecular complexity index is 1080. The number of hydrogen-bond acceptors (Lipinski definition) is 7. The van der Waals surface area contributed by atoms with E-state index in [4.69, 9.17) is 23.2 Å². The van der Waals surface area contributed by atoms with E-state index in [2.05, 4.69) is 26.1 Å². The predicted octanol–water partition coefficient (Wildman–Crippen LogP) is 5.67. The van der Waals surface area contributed by atoms with Crippen LogP contribution in [0.5, 0.6) is 0 Å². The normalized spacial score (nSPS) is 11.6. The van der Waals surface area contributed by atoms with Crippen molar-refractivity contribution in [1.29, 1.82) is 0 Å². The topological polar surface area (TPSA) is 96.0 Å². The van der Waals surface area contributed by atoms with Crippen LogP contribution < -0.4 is 16.0 Å². The number of carbonyl (C=O) groups is 2. The highest BCUT2D eigenvalue weighted by Gasteiger charge is 2.18. The van der Waals surface area contributed by atoms with Gasteiger partial charge >= 0.3 is 0 Å². The summed E-state index contributed by atoms with van der Waals surface area (Å²) in [5.41, 5.74) is 1.94. The number of thioether (sulfide) groups is 1. The molecule has 2 amide bonds. The summed E-state index contributed by atoms with van der Waals surface area (Å²) in [6.07, 6.45) is 0. The van der Waals surface area contributed by atoms with Gasteiger partial charge in [0.1, 0.15) is 0 Å². The van der Waals surface area contributed by atoms with Gasteiger partial charge in [-0.1, -0.05) is 52.4 Å². The fourth-order valence-electron chi connectivity index (χ4n) is 2.34. The quantitative estimate of drug-likeness (QED) is 0.376. The molecule has 3 rings (SSSR count). The first-order valence-electron chi connectivity index (χ1n) is 8.71. The molecular formula is C19H17Cl2N5O2S2. The van der Waals surface area contributed by atoms with E-state index in [1.807, 2.05) is 12.1 Å². The molecule has 0 fully saturated rings. The molecule has 0 bridgehead atoms. The van der Waals surface area contributed by atoms with Crippen molar-refractivity contribution in [3.63, 3.8) is 0 Å². The minimum Gasteiger partial charge on any atom is -0.330 e. The monoisotopic (exact) mass is 481 g/mol. The number of benzene rings is 2. The smallest absolute Gasteiger partial charge is 0.237 e. The van der Waals surface area contributed by atoms with Crippen LogP contribution in [0.1, 0.15) is 13.8 Å². The summed E-state index contributed by atoms with van der Waals surface area (Å²) < 4.78 is 0.639. The first-order chi connectivity index (χ1) is 14.3. The van der Waals surface area contributed by atoms with Gasteiger partial charge < -0.3 is 16.0 Å². The zero-order valence-electron chi connectivity index (χ0n) is 15.9. The highest BCUT2D eigenvalue weighted by Crippen LogP contribution is 2.32.